The molecule has 0 bridgehead atoms. The zero-order valence-corrected chi connectivity index (χ0v) is 14.2. The second-order valence-electron chi connectivity index (χ2n) is 6.55. The van der Waals surface area contributed by atoms with Gasteiger partial charge in [-0.25, -0.2) is 9.69 Å². The van der Waals surface area contributed by atoms with Crippen LogP contribution in [-0.2, 0) is 16.6 Å². The molecular weight excluding hydrogens is 310 g/mol. The maximum atomic E-state index is 12.5. The minimum Gasteiger partial charge on any atom is -0.351 e. The molecule has 24 heavy (non-hydrogen) atoms. The van der Waals surface area contributed by atoms with Crippen molar-refractivity contribution in [2.75, 3.05) is 6.54 Å². The summed E-state index contributed by atoms with van der Waals surface area (Å²) in [6, 6.07) is 0.865. The van der Waals surface area contributed by atoms with E-state index in [1.165, 1.54) is 0 Å². The van der Waals surface area contributed by atoms with Crippen LogP contribution >= 0.6 is 0 Å². The number of carbonyl (C=O) groups excluding carboxylic acids is 4. The Hall–Kier alpha value is -2.44. The van der Waals surface area contributed by atoms with Crippen molar-refractivity contribution in [3.8, 4) is 0 Å². The molecule has 1 saturated heterocycles. The number of ketones is 1. The van der Waals surface area contributed by atoms with Crippen LogP contribution in [-0.4, -0.2) is 50.6 Å². The molecule has 0 unspecified atom stereocenters. The molecule has 1 aromatic rings. The molecule has 3 rings (SSSR count). The van der Waals surface area contributed by atoms with Crippen LogP contribution in [0.15, 0.2) is 6.07 Å². The van der Waals surface area contributed by atoms with Crippen LogP contribution in [0.4, 0.5) is 4.79 Å². The first-order valence-corrected chi connectivity index (χ1v) is 8.18. The minimum absolute atomic E-state index is 0.213. The van der Waals surface area contributed by atoms with E-state index in [2.05, 4.69) is 0 Å². The third-order valence-corrected chi connectivity index (χ3v) is 5.15. The van der Waals surface area contributed by atoms with E-state index in [1.54, 1.807) is 6.07 Å². The van der Waals surface area contributed by atoms with Gasteiger partial charge < -0.3 is 4.57 Å². The summed E-state index contributed by atoms with van der Waals surface area (Å²) in [6.45, 7) is 3.29. The van der Waals surface area contributed by atoms with Gasteiger partial charge in [0.2, 0.25) is 0 Å². The molecule has 2 fully saturated rings. The highest BCUT2D eigenvalue weighted by Crippen LogP contribution is 2.28. The van der Waals surface area contributed by atoms with E-state index < -0.39 is 24.4 Å². The Bertz CT molecular complexity index is 743. The Balaban J connectivity index is 1.80. The Morgan fingerprint density at radius 3 is 2.29 bits per heavy atom. The van der Waals surface area contributed by atoms with Gasteiger partial charge in [0.25, 0.3) is 0 Å². The molecule has 7 heteroatoms. The first-order chi connectivity index (χ1) is 11.3. The molecule has 1 aromatic heterocycles. The van der Waals surface area contributed by atoms with Crippen LogP contribution in [0.25, 0.3) is 0 Å². The standard InChI is InChI=1S/C17H21N3O4/c1-10-8-13(11(2)18(10)3)14(21)9-19-15(22)16(23)20(17(19)24)12-6-4-5-7-12/h8,12H,4-7,9H2,1-3H3. The predicted octanol–water partition coefficient (Wildman–Crippen LogP) is 1.56. The van der Waals surface area contributed by atoms with E-state index in [0.717, 1.165) is 46.9 Å². The summed E-state index contributed by atoms with van der Waals surface area (Å²) < 4.78 is 1.87. The van der Waals surface area contributed by atoms with E-state index in [-0.39, 0.29) is 11.8 Å². The fourth-order valence-corrected chi connectivity index (χ4v) is 3.51. The molecule has 1 aliphatic carbocycles. The van der Waals surface area contributed by atoms with E-state index in [4.69, 9.17) is 0 Å². The molecule has 128 valence electrons. The van der Waals surface area contributed by atoms with Gasteiger partial charge >= 0.3 is 17.8 Å². The highest BCUT2D eigenvalue weighted by Gasteiger charge is 2.48. The van der Waals surface area contributed by atoms with Crippen molar-refractivity contribution in [1.82, 2.24) is 14.4 Å². The molecule has 2 heterocycles. The molecule has 7 nitrogen and oxygen atoms in total. The van der Waals surface area contributed by atoms with Gasteiger partial charge in [-0.3, -0.25) is 19.3 Å². The van der Waals surface area contributed by atoms with Crippen LogP contribution in [0.5, 0.6) is 0 Å². The number of Topliss-reactive ketones (excluding diaryl/α,β-unsaturated/α-hetero) is 1. The van der Waals surface area contributed by atoms with E-state index in [9.17, 15) is 19.2 Å². The van der Waals surface area contributed by atoms with Crippen molar-refractivity contribution in [3.63, 3.8) is 0 Å². The predicted molar refractivity (Wildman–Crippen MR) is 85.4 cm³/mol. The number of imide groups is 2. The lowest BCUT2D eigenvalue weighted by Crippen LogP contribution is -2.41. The molecule has 0 atom stereocenters. The summed E-state index contributed by atoms with van der Waals surface area (Å²) in [5, 5.41) is 0. The average molecular weight is 331 g/mol. The molecule has 1 aliphatic heterocycles. The first kappa shape index (κ1) is 16.4. The Kier molecular flexibility index (Phi) is 4.03. The van der Waals surface area contributed by atoms with Gasteiger partial charge in [-0.2, -0.15) is 0 Å². The number of urea groups is 1. The Morgan fingerprint density at radius 1 is 1.12 bits per heavy atom. The van der Waals surface area contributed by atoms with Gasteiger partial charge in [0.15, 0.2) is 5.78 Å². The molecule has 2 aliphatic rings. The summed E-state index contributed by atoms with van der Waals surface area (Å²) in [4.78, 5) is 51.2. The molecule has 4 amide bonds. The second kappa shape index (κ2) is 5.89. The third kappa shape index (κ3) is 2.44. The number of aromatic nitrogens is 1. The highest BCUT2D eigenvalue weighted by atomic mass is 16.2. The van der Waals surface area contributed by atoms with Crippen molar-refractivity contribution in [1.29, 1.82) is 0 Å². The number of rotatable bonds is 4. The number of aryl methyl sites for hydroxylation is 1. The molecule has 0 spiro atoms. The fraction of sp³-hybridized carbons (Fsp3) is 0.529. The van der Waals surface area contributed by atoms with Gasteiger partial charge in [-0.05, 0) is 32.8 Å². The second-order valence-corrected chi connectivity index (χ2v) is 6.55. The maximum Gasteiger partial charge on any atom is 0.334 e. The lowest BCUT2D eigenvalue weighted by molar-refractivity contribution is -0.143. The number of hydrogen-bond acceptors (Lipinski definition) is 4. The monoisotopic (exact) mass is 331 g/mol. The van der Waals surface area contributed by atoms with Gasteiger partial charge in [0.1, 0.15) is 0 Å². The summed E-state index contributed by atoms with van der Waals surface area (Å²) in [5.74, 6) is -2.04. The number of carbonyl (C=O) groups is 4. The summed E-state index contributed by atoms with van der Waals surface area (Å²) in [5.41, 5.74) is 2.16. The molecule has 0 radical (unpaired) electrons. The summed E-state index contributed by atoms with van der Waals surface area (Å²) >= 11 is 0. The minimum atomic E-state index is -0.898. The summed E-state index contributed by atoms with van der Waals surface area (Å²) in [6.07, 6.45) is 3.34. The quantitative estimate of drug-likeness (QED) is 0.476. The van der Waals surface area contributed by atoms with E-state index >= 15 is 0 Å². The molecule has 0 N–H and O–H groups in total. The Morgan fingerprint density at radius 2 is 1.75 bits per heavy atom. The van der Waals surface area contributed by atoms with Gasteiger partial charge in [-0.1, -0.05) is 12.8 Å². The topological polar surface area (TPSA) is 79.7 Å². The number of amides is 4. The number of hydrogen-bond donors (Lipinski definition) is 0. The van der Waals surface area contributed by atoms with Gasteiger partial charge in [0, 0.05) is 30.0 Å². The normalized spacial score (nSPS) is 19.0. The van der Waals surface area contributed by atoms with Crippen molar-refractivity contribution in [2.24, 2.45) is 7.05 Å². The van der Waals surface area contributed by atoms with Crippen molar-refractivity contribution in [2.45, 2.75) is 45.6 Å². The molecule has 1 saturated carbocycles. The van der Waals surface area contributed by atoms with Gasteiger partial charge in [-0.15, -0.1) is 0 Å². The van der Waals surface area contributed by atoms with Crippen LogP contribution < -0.4 is 0 Å². The van der Waals surface area contributed by atoms with Crippen LogP contribution in [0.1, 0.15) is 47.4 Å². The SMILES string of the molecule is Cc1cc(C(=O)CN2C(=O)C(=O)N(C3CCCC3)C2=O)c(C)n1C. The van der Waals surface area contributed by atoms with Gasteiger partial charge in [0.05, 0.1) is 6.54 Å². The summed E-state index contributed by atoms with van der Waals surface area (Å²) in [7, 11) is 1.85. The molecular formula is C17H21N3O4. The van der Waals surface area contributed by atoms with Crippen LogP contribution in [0, 0.1) is 13.8 Å². The first-order valence-electron chi connectivity index (χ1n) is 8.18. The maximum absolute atomic E-state index is 12.5. The average Bonchev–Trinajstić information content (AvgIpc) is 3.20. The highest BCUT2D eigenvalue weighted by molar-refractivity contribution is 6.45. The zero-order chi connectivity index (χ0) is 17.6. The Labute approximate surface area is 140 Å². The number of nitrogens with zero attached hydrogens (tertiary/aromatic N) is 3. The van der Waals surface area contributed by atoms with Crippen molar-refractivity contribution in [3.05, 3.63) is 23.0 Å². The largest absolute Gasteiger partial charge is 0.351 e. The van der Waals surface area contributed by atoms with E-state index in [0.29, 0.717) is 5.56 Å². The van der Waals surface area contributed by atoms with Crippen molar-refractivity contribution >= 4 is 23.6 Å². The fourth-order valence-electron chi connectivity index (χ4n) is 3.51. The molecule has 0 aromatic carbocycles. The van der Waals surface area contributed by atoms with E-state index in [1.807, 2.05) is 25.5 Å². The van der Waals surface area contributed by atoms with Crippen LogP contribution in [0.3, 0.4) is 0 Å². The van der Waals surface area contributed by atoms with Crippen molar-refractivity contribution < 1.29 is 19.2 Å². The van der Waals surface area contributed by atoms with Crippen LogP contribution in [0.2, 0.25) is 0 Å². The smallest absolute Gasteiger partial charge is 0.334 e. The third-order valence-electron chi connectivity index (χ3n) is 5.15. The lowest BCUT2D eigenvalue weighted by atomic mass is 10.1. The zero-order valence-electron chi connectivity index (χ0n) is 14.2. The lowest BCUT2D eigenvalue weighted by Gasteiger charge is -2.20.